The third-order valence-corrected chi connectivity index (χ3v) is 4.02. The Hall–Kier alpha value is -2.17. The van der Waals surface area contributed by atoms with Crippen LogP contribution in [0.3, 0.4) is 0 Å². The lowest BCUT2D eigenvalue weighted by Crippen LogP contribution is -2.38. The van der Waals surface area contributed by atoms with Gasteiger partial charge in [0, 0.05) is 25.5 Å². The predicted octanol–water partition coefficient (Wildman–Crippen LogP) is 3.84. The van der Waals surface area contributed by atoms with Gasteiger partial charge in [-0.15, -0.1) is 0 Å². The summed E-state index contributed by atoms with van der Waals surface area (Å²) in [7, 11) is 3.24. The summed E-state index contributed by atoms with van der Waals surface area (Å²) in [6, 6.07) is 15.8. The first-order valence-corrected chi connectivity index (χ1v) is 8.02. The fourth-order valence-corrected chi connectivity index (χ4v) is 2.73. The number of hydrogen-bond donors (Lipinski definition) is 1. The quantitative estimate of drug-likeness (QED) is 0.591. The summed E-state index contributed by atoms with van der Waals surface area (Å²) in [5, 5.41) is 3.42. The number of Topliss-reactive ketones (excluding diaryl/α,β-unsaturated/α-hetero) is 1. The number of carbonyl (C=O) groups excluding carboxylic acids is 1. The van der Waals surface area contributed by atoms with Gasteiger partial charge in [-0.3, -0.25) is 4.79 Å². The van der Waals surface area contributed by atoms with Crippen LogP contribution in [0.5, 0.6) is 0 Å². The number of para-hydroxylation sites is 1. The van der Waals surface area contributed by atoms with Gasteiger partial charge in [-0.2, -0.15) is 0 Å². The lowest BCUT2D eigenvalue weighted by Gasteiger charge is -2.27. The molecule has 0 spiro atoms. The van der Waals surface area contributed by atoms with Crippen LogP contribution in [-0.4, -0.2) is 32.3 Å². The van der Waals surface area contributed by atoms with Crippen molar-refractivity contribution in [3.05, 3.63) is 65.2 Å². The summed E-state index contributed by atoms with van der Waals surface area (Å²) >= 11 is 0. The molecule has 2 rings (SSSR count). The highest BCUT2D eigenvalue weighted by atomic mass is 16.7. The van der Waals surface area contributed by atoms with Crippen molar-refractivity contribution in [1.82, 2.24) is 0 Å². The van der Waals surface area contributed by atoms with Crippen molar-refractivity contribution in [3.8, 4) is 0 Å². The van der Waals surface area contributed by atoms with Crippen molar-refractivity contribution in [3.63, 3.8) is 0 Å². The normalized spacial score (nSPS) is 12.2. The van der Waals surface area contributed by atoms with Crippen LogP contribution in [0.1, 0.15) is 28.4 Å². The summed E-state index contributed by atoms with van der Waals surface area (Å²) in [6.45, 7) is 3.63. The number of hydrogen-bond acceptors (Lipinski definition) is 4. The molecule has 0 unspecified atom stereocenters. The van der Waals surface area contributed by atoms with Gasteiger partial charge in [0.2, 0.25) is 0 Å². The molecule has 2 aromatic rings. The smallest absolute Gasteiger partial charge is 0.177 e. The van der Waals surface area contributed by atoms with E-state index >= 15 is 0 Å². The third-order valence-electron chi connectivity index (χ3n) is 4.02. The molecule has 24 heavy (non-hydrogen) atoms. The minimum absolute atomic E-state index is 0.0265. The van der Waals surface area contributed by atoms with Crippen LogP contribution in [0.4, 0.5) is 5.69 Å². The van der Waals surface area contributed by atoms with E-state index in [0.717, 1.165) is 12.1 Å². The second-order valence-electron chi connectivity index (χ2n) is 5.88. The van der Waals surface area contributed by atoms with E-state index in [-0.39, 0.29) is 11.8 Å². The Morgan fingerprint density at radius 3 is 2.25 bits per heavy atom. The Morgan fingerprint density at radius 2 is 1.67 bits per heavy atom. The predicted molar refractivity (Wildman–Crippen MR) is 96.5 cm³/mol. The van der Waals surface area contributed by atoms with Crippen LogP contribution in [0, 0.1) is 6.92 Å². The van der Waals surface area contributed by atoms with Gasteiger partial charge in [0.1, 0.15) is 0 Å². The molecule has 0 bridgehead atoms. The van der Waals surface area contributed by atoms with Crippen LogP contribution in [-0.2, 0) is 15.9 Å². The van der Waals surface area contributed by atoms with Gasteiger partial charge in [0.15, 0.2) is 12.1 Å². The van der Waals surface area contributed by atoms with Crippen LogP contribution < -0.4 is 5.32 Å². The van der Waals surface area contributed by atoms with E-state index in [0.29, 0.717) is 5.56 Å². The van der Waals surface area contributed by atoms with Crippen molar-refractivity contribution in [2.75, 3.05) is 19.5 Å². The molecule has 2 aromatic carbocycles. The van der Waals surface area contributed by atoms with Gasteiger partial charge < -0.3 is 14.8 Å². The second kappa shape index (κ2) is 8.62. The number of ether oxygens (including phenoxy) is 2. The molecule has 0 heterocycles. The second-order valence-corrected chi connectivity index (χ2v) is 5.88. The first kappa shape index (κ1) is 18.2. The van der Waals surface area contributed by atoms with Gasteiger partial charge >= 0.3 is 0 Å². The molecule has 4 nitrogen and oxygen atoms in total. The molecule has 0 aromatic heterocycles. The van der Waals surface area contributed by atoms with E-state index in [1.54, 1.807) is 21.1 Å². The summed E-state index contributed by atoms with van der Waals surface area (Å²) in [5.41, 5.74) is 3.86. The average molecular weight is 327 g/mol. The van der Waals surface area contributed by atoms with Gasteiger partial charge in [-0.05, 0) is 38.0 Å². The minimum atomic E-state index is -0.425. The summed E-state index contributed by atoms with van der Waals surface area (Å²) in [4.78, 5) is 11.8. The SMILES string of the molecule is COC(OC)[C@@H](Cc1ccc(C)cc1)Nc1ccccc1C(C)=O. The Bertz CT molecular complexity index is 663. The van der Waals surface area contributed by atoms with E-state index in [1.807, 2.05) is 24.3 Å². The summed E-state index contributed by atoms with van der Waals surface area (Å²) in [6.07, 6.45) is 0.296. The zero-order valence-corrected chi connectivity index (χ0v) is 14.7. The number of methoxy groups -OCH3 is 2. The Balaban J connectivity index is 2.26. The van der Waals surface area contributed by atoms with Crippen LogP contribution in [0.15, 0.2) is 48.5 Å². The maximum atomic E-state index is 11.8. The zero-order valence-electron chi connectivity index (χ0n) is 14.7. The van der Waals surface area contributed by atoms with Crippen LogP contribution >= 0.6 is 0 Å². The number of nitrogens with one attached hydrogen (secondary N) is 1. The lowest BCUT2D eigenvalue weighted by molar-refractivity contribution is -0.112. The van der Waals surface area contributed by atoms with Crippen LogP contribution in [0.25, 0.3) is 0 Å². The highest BCUT2D eigenvalue weighted by Gasteiger charge is 2.22. The number of anilines is 1. The summed E-state index contributed by atoms with van der Waals surface area (Å²) in [5.74, 6) is 0.0265. The molecule has 0 saturated heterocycles. The molecule has 0 radical (unpaired) electrons. The molecular weight excluding hydrogens is 302 g/mol. The molecule has 0 aliphatic carbocycles. The fourth-order valence-electron chi connectivity index (χ4n) is 2.73. The molecule has 128 valence electrons. The van der Waals surface area contributed by atoms with Gasteiger partial charge in [0.05, 0.1) is 6.04 Å². The first-order valence-electron chi connectivity index (χ1n) is 8.02. The van der Waals surface area contributed by atoms with Crippen molar-refractivity contribution in [2.24, 2.45) is 0 Å². The maximum Gasteiger partial charge on any atom is 0.177 e. The van der Waals surface area contributed by atoms with E-state index in [2.05, 4.69) is 36.5 Å². The average Bonchev–Trinajstić information content (AvgIpc) is 2.58. The van der Waals surface area contributed by atoms with Crippen molar-refractivity contribution in [1.29, 1.82) is 0 Å². The summed E-state index contributed by atoms with van der Waals surface area (Å²) < 4.78 is 10.9. The van der Waals surface area contributed by atoms with Crippen LogP contribution in [0.2, 0.25) is 0 Å². The van der Waals surface area contributed by atoms with Crippen molar-refractivity contribution in [2.45, 2.75) is 32.6 Å². The zero-order chi connectivity index (χ0) is 17.5. The van der Waals surface area contributed by atoms with E-state index in [9.17, 15) is 4.79 Å². The van der Waals surface area contributed by atoms with E-state index in [1.165, 1.54) is 11.1 Å². The number of rotatable bonds is 8. The number of ketones is 1. The molecule has 0 amide bonds. The lowest BCUT2D eigenvalue weighted by atomic mass is 10.0. The number of benzene rings is 2. The number of carbonyl (C=O) groups is 1. The molecule has 4 heteroatoms. The Kier molecular flexibility index (Phi) is 6.53. The van der Waals surface area contributed by atoms with Crippen molar-refractivity contribution < 1.29 is 14.3 Å². The third kappa shape index (κ3) is 4.66. The topological polar surface area (TPSA) is 47.6 Å². The molecule has 1 N–H and O–H groups in total. The van der Waals surface area contributed by atoms with Crippen molar-refractivity contribution >= 4 is 11.5 Å². The molecular formula is C20H25NO3. The largest absolute Gasteiger partial charge is 0.376 e. The minimum Gasteiger partial charge on any atom is -0.376 e. The monoisotopic (exact) mass is 327 g/mol. The highest BCUT2D eigenvalue weighted by molar-refractivity contribution is 5.99. The molecule has 0 aliphatic heterocycles. The standard InChI is InChI=1S/C20H25NO3/c1-14-9-11-16(12-10-14)13-19(20(23-3)24-4)21-18-8-6-5-7-17(18)15(2)22/h5-12,19-21H,13H2,1-4H3/t19-/m1/s1. The molecule has 0 aliphatic rings. The molecule has 1 atom stereocenters. The fraction of sp³-hybridized carbons (Fsp3) is 0.350. The maximum absolute atomic E-state index is 11.8. The van der Waals surface area contributed by atoms with E-state index < -0.39 is 6.29 Å². The van der Waals surface area contributed by atoms with Gasteiger partial charge in [-0.25, -0.2) is 0 Å². The highest BCUT2D eigenvalue weighted by Crippen LogP contribution is 2.20. The number of aryl methyl sites for hydroxylation is 1. The Labute approximate surface area is 143 Å². The molecule has 0 fully saturated rings. The Morgan fingerprint density at radius 1 is 1.04 bits per heavy atom. The van der Waals surface area contributed by atoms with Gasteiger partial charge in [0.25, 0.3) is 0 Å². The van der Waals surface area contributed by atoms with Gasteiger partial charge in [-0.1, -0.05) is 42.0 Å². The molecule has 0 saturated carbocycles. The first-order chi connectivity index (χ1) is 11.5. The van der Waals surface area contributed by atoms with E-state index in [4.69, 9.17) is 9.47 Å².